The molecular weight excluding hydrogens is 312 g/mol. The number of carbonyl (C=O) groups excluding carboxylic acids is 1. The zero-order chi connectivity index (χ0) is 17.4. The molecule has 0 rings (SSSR count). The third-order valence-corrected chi connectivity index (χ3v) is 5.85. The van der Waals surface area contributed by atoms with Gasteiger partial charge in [-0.3, -0.25) is 0 Å². The van der Waals surface area contributed by atoms with Crippen molar-refractivity contribution >= 4 is 14.8 Å². The highest BCUT2D eigenvalue weighted by Gasteiger charge is 2.37. The van der Waals surface area contributed by atoms with Crippen molar-refractivity contribution in [2.75, 3.05) is 26.4 Å². The first-order valence-electron chi connectivity index (χ1n) is 8.91. The molecule has 0 unspecified atom stereocenters. The molecule has 0 spiro atoms. The summed E-state index contributed by atoms with van der Waals surface area (Å²) >= 11 is 0. The Labute approximate surface area is 142 Å². The molecule has 6 heteroatoms. The number of hydrogen-bond acceptors (Lipinski definition) is 5. The first kappa shape index (κ1) is 22.3. The molecule has 0 aromatic carbocycles. The molecule has 0 amide bonds. The second-order valence-electron chi connectivity index (χ2n) is 5.17. The van der Waals surface area contributed by atoms with E-state index in [0.29, 0.717) is 26.4 Å². The van der Waals surface area contributed by atoms with Gasteiger partial charge in [0.1, 0.15) is 0 Å². The van der Waals surface area contributed by atoms with Gasteiger partial charge in [0, 0.05) is 25.9 Å². The van der Waals surface area contributed by atoms with Crippen molar-refractivity contribution in [3.8, 4) is 0 Å². The lowest BCUT2D eigenvalue weighted by Gasteiger charge is -2.25. The molecule has 0 aliphatic carbocycles. The van der Waals surface area contributed by atoms with Gasteiger partial charge >= 0.3 is 14.8 Å². The molecule has 0 aliphatic rings. The van der Waals surface area contributed by atoms with Gasteiger partial charge < -0.3 is 18.0 Å². The lowest BCUT2D eigenvalue weighted by molar-refractivity contribution is -0.137. The predicted molar refractivity (Wildman–Crippen MR) is 94.1 cm³/mol. The first-order chi connectivity index (χ1) is 11.1. The van der Waals surface area contributed by atoms with E-state index in [0.717, 1.165) is 12.8 Å². The van der Waals surface area contributed by atoms with E-state index >= 15 is 0 Å². The summed E-state index contributed by atoms with van der Waals surface area (Å²) in [4.78, 5) is 11.8. The fraction of sp³-hybridized carbons (Fsp3) is 0.824. The molecule has 0 bridgehead atoms. The van der Waals surface area contributed by atoms with E-state index in [1.54, 1.807) is 5.70 Å². The minimum Gasteiger partial charge on any atom is -0.463 e. The predicted octanol–water partition coefficient (Wildman–Crippen LogP) is 4.03. The van der Waals surface area contributed by atoms with Crippen LogP contribution in [0.2, 0.25) is 0 Å². The van der Waals surface area contributed by atoms with Crippen LogP contribution in [-0.2, 0) is 22.8 Å². The minimum atomic E-state index is -2.91. The SMILES string of the molecule is CCCCCCCCOC(=O)C=C[Si](OCC)(OCC)OCC. The van der Waals surface area contributed by atoms with Crippen LogP contribution in [0.4, 0.5) is 0 Å². The zero-order valence-electron chi connectivity index (χ0n) is 15.3. The van der Waals surface area contributed by atoms with Crippen molar-refractivity contribution in [2.24, 2.45) is 0 Å². The number of carbonyl (C=O) groups is 1. The van der Waals surface area contributed by atoms with Crippen molar-refractivity contribution in [1.82, 2.24) is 0 Å². The summed E-state index contributed by atoms with van der Waals surface area (Å²) in [5.41, 5.74) is 1.62. The Morgan fingerprint density at radius 3 is 1.87 bits per heavy atom. The standard InChI is InChI=1S/C17H34O5Si/c1-5-9-10-11-12-13-15-19-17(18)14-16-23(20-6-2,21-7-3)22-8-4/h14,16H,5-13,15H2,1-4H3. The van der Waals surface area contributed by atoms with Crippen LogP contribution in [0.1, 0.15) is 66.2 Å². The summed E-state index contributed by atoms with van der Waals surface area (Å²) in [6.07, 6.45) is 8.38. The molecule has 0 aliphatic heterocycles. The van der Waals surface area contributed by atoms with Gasteiger partial charge in [-0.15, -0.1) is 0 Å². The molecule has 136 valence electrons. The topological polar surface area (TPSA) is 54.0 Å². The maximum Gasteiger partial charge on any atom is 0.529 e. The lowest BCUT2D eigenvalue weighted by Crippen LogP contribution is -2.44. The van der Waals surface area contributed by atoms with E-state index in [2.05, 4.69) is 6.92 Å². The van der Waals surface area contributed by atoms with Crippen molar-refractivity contribution in [1.29, 1.82) is 0 Å². The van der Waals surface area contributed by atoms with Crippen LogP contribution >= 0.6 is 0 Å². The second-order valence-corrected chi connectivity index (χ2v) is 7.58. The quantitative estimate of drug-likeness (QED) is 0.194. The molecule has 0 saturated heterocycles. The lowest BCUT2D eigenvalue weighted by atomic mass is 10.1. The van der Waals surface area contributed by atoms with E-state index in [-0.39, 0.29) is 5.97 Å². The molecule has 0 N–H and O–H groups in total. The van der Waals surface area contributed by atoms with Gasteiger partial charge in [-0.05, 0) is 32.9 Å². The molecule has 0 radical (unpaired) electrons. The molecule has 0 fully saturated rings. The summed E-state index contributed by atoms with van der Waals surface area (Å²) in [7, 11) is -2.91. The monoisotopic (exact) mass is 346 g/mol. The highest BCUT2D eigenvalue weighted by molar-refractivity contribution is 6.66. The Balaban J connectivity index is 4.18. The Morgan fingerprint density at radius 1 is 0.826 bits per heavy atom. The van der Waals surface area contributed by atoms with Crippen LogP contribution in [0.15, 0.2) is 11.8 Å². The number of esters is 1. The summed E-state index contributed by atoms with van der Waals surface area (Å²) in [6, 6.07) is 0. The number of hydrogen-bond donors (Lipinski definition) is 0. The van der Waals surface area contributed by atoms with Crippen LogP contribution < -0.4 is 0 Å². The summed E-state index contributed by atoms with van der Waals surface area (Å²) in [6.45, 7) is 9.72. The minimum absolute atomic E-state index is 0.366. The van der Waals surface area contributed by atoms with Gasteiger partial charge in [0.15, 0.2) is 0 Å². The first-order valence-corrected chi connectivity index (χ1v) is 10.7. The van der Waals surface area contributed by atoms with Gasteiger partial charge in [0.2, 0.25) is 0 Å². The Bertz CT molecular complexity index is 303. The van der Waals surface area contributed by atoms with Crippen LogP contribution in [0.5, 0.6) is 0 Å². The third kappa shape index (κ3) is 11.5. The fourth-order valence-electron chi connectivity index (χ4n) is 2.15. The molecular formula is C17H34O5Si. The van der Waals surface area contributed by atoms with Crippen molar-refractivity contribution in [3.05, 3.63) is 11.8 Å². The maximum absolute atomic E-state index is 11.8. The number of rotatable bonds is 15. The zero-order valence-corrected chi connectivity index (χ0v) is 16.3. The molecule has 5 nitrogen and oxygen atoms in total. The summed E-state index contributed by atoms with van der Waals surface area (Å²) in [5.74, 6) is -0.366. The van der Waals surface area contributed by atoms with E-state index < -0.39 is 8.80 Å². The highest BCUT2D eigenvalue weighted by atomic mass is 28.4. The Hall–Kier alpha value is -0.693. The van der Waals surface area contributed by atoms with E-state index in [1.165, 1.54) is 31.8 Å². The Kier molecular flexibility index (Phi) is 14.4. The largest absolute Gasteiger partial charge is 0.529 e. The molecule has 0 aromatic heterocycles. The maximum atomic E-state index is 11.8. The van der Waals surface area contributed by atoms with Gasteiger partial charge in [0.25, 0.3) is 0 Å². The molecule has 0 saturated carbocycles. The molecule has 0 atom stereocenters. The van der Waals surface area contributed by atoms with Crippen LogP contribution in [0.3, 0.4) is 0 Å². The molecule has 0 aromatic rings. The van der Waals surface area contributed by atoms with Crippen molar-refractivity contribution in [2.45, 2.75) is 66.2 Å². The van der Waals surface area contributed by atoms with Gasteiger partial charge in [0.05, 0.1) is 6.61 Å². The number of ether oxygens (including phenoxy) is 1. The van der Waals surface area contributed by atoms with Crippen LogP contribution in [-0.4, -0.2) is 41.2 Å². The average molecular weight is 347 g/mol. The number of unbranched alkanes of at least 4 members (excludes halogenated alkanes) is 5. The van der Waals surface area contributed by atoms with Gasteiger partial charge in [-0.1, -0.05) is 39.0 Å². The second kappa shape index (κ2) is 14.9. The van der Waals surface area contributed by atoms with Crippen molar-refractivity contribution < 1.29 is 22.8 Å². The van der Waals surface area contributed by atoms with Gasteiger partial charge in [-0.25, -0.2) is 4.79 Å². The average Bonchev–Trinajstić information content (AvgIpc) is 2.53. The van der Waals surface area contributed by atoms with Gasteiger partial charge in [-0.2, -0.15) is 0 Å². The van der Waals surface area contributed by atoms with Crippen LogP contribution in [0, 0.1) is 0 Å². The fourth-order valence-corrected chi connectivity index (χ4v) is 4.23. The smallest absolute Gasteiger partial charge is 0.463 e. The summed E-state index contributed by atoms with van der Waals surface area (Å²) in [5, 5.41) is 0. The van der Waals surface area contributed by atoms with E-state index in [4.69, 9.17) is 18.0 Å². The normalized spacial score (nSPS) is 12.0. The van der Waals surface area contributed by atoms with E-state index in [1.807, 2.05) is 20.8 Å². The van der Waals surface area contributed by atoms with Crippen molar-refractivity contribution in [3.63, 3.8) is 0 Å². The highest BCUT2D eigenvalue weighted by Crippen LogP contribution is 2.12. The third-order valence-electron chi connectivity index (χ3n) is 3.20. The Morgan fingerprint density at radius 2 is 1.35 bits per heavy atom. The van der Waals surface area contributed by atoms with Crippen LogP contribution in [0.25, 0.3) is 0 Å². The molecule has 0 heterocycles. The molecule has 23 heavy (non-hydrogen) atoms. The summed E-state index contributed by atoms with van der Waals surface area (Å²) < 4.78 is 22.1. The van der Waals surface area contributed by atoms with E-state index in [9.17, 15) is 4.79 Å².